The smallest absolute Gasteiger partial charge is 0.241 e. The molecule has 0 atom stereocenters. The molecule has 0 spiro atoms. The highest BCUT2D eigenvalue weighted by atomic mass is 16.2. The van der Waals surface area contributed by atoms with Gasteiger partial charge in [-0.2, -0.15) is 10.2 Å². The van der Waals surface area contributed by atoms with Crippen LogP contribution in [0.1, 0.15) is 18.5 Å². The SMILES string of the molecule is Cn1nccc1CNc1cnn(CC(=O)NC2CC2)c1. The van der Waals surface area contributed by atoms with E-state index in [4.69, 9.17) is 0 Å². The third-order valence-corrected chi connectivity index (χ3v) is 3.28. The number of carbonyl (C=O) groups excluding carboxylic acids is 1. The van der Waals surface area contributed by atoms with Crippen LogP contribution in [0.3, 0.4) is 0 Å². The van der Waals surface area contributed by atoms with Crippen LogP contribution in [0.5, 0.6) is 0 Å². The number of nitrogens with zero attached hydrogens (tertiary/aromatic N) is 4. The molecule has 0 aromatic carbocycles. The first-order valence-corrected chi connectivity index (χ1v) is 6.73. The van der Waals surface area contributed by atoms with Gasteiger partial charge in [0.1, 0.15) is 6.54 Å². The topological polar surface area (TPSA) is 76.8 Å². The molecule has 1 aliphatic rings. The molecule has 2 heterocycles. The van der Waals surface area contributed by atoms with Crippen LogP contribution in [0.2, 0.25) is 0 Å². The zero-order valence-corrected chi connectivity index (χ0v) is 11.4. The minimum Gasteiger partial charge on any atom is -0.377 e. The van der Waals surface area contributed by atoms with E-state index in [0.29, 0.717) is 12.6 Å². The van der Waals surface area contributed by atoms with Crippen LogP contribution in [-0.2, 0) is 24.9 Å². The summed E-state index contributed by atoms with van der Waals surface area (Å²) in [6.45, 7) is 0.945. The van der Waals surface area contributed by atoms with Crippen molar-refractivity contribution >= 4 is 11.6 Å². The molecule has 7 nitrogen and oxygen atoms in total. The maximum atomic E-state index is 11.7. The van der Waals surface area contributed by atoms with Crippen molar-refractivity contribution in [1.82, 2.24) is 24.9 Å². The molecule has 3 rings (SSSR count). The van der Waals surface area contributed by atoms with Gasteiger partial charge in [0.05, 0.1) is 24.1 Å². The lowest BCUT2D eigenvalue weighted by Gasteiger charge is -2.04. The molecule has 0 radical (unpaired) electrons. The van der Waals surface area contributed by atoms with E-state index in [1.54, 1.807) is 17.1 Å². The van der Waals surface area contributed by atoms with Gasteiger partial charge in [0.15, 0.2) is 0 Å². The van der Waals surface area contributed by atoms with E-state index < -0.39 is 0 Å². The Hall–Kier alpha value is -2.31. The van der Waals surface area contributed by atoms with Gasteiger partial charge in [-0.25, -0.2) is 0 Å². The number of aromatic nitrogens is 4. The zero-order chi connectivity index (χ0) is 13.9. The average Bonchev–Trinajstić information content (AvgIpc) is 2.95. The van der Waals surface area contributed by atoms with Crippen LogP contribution in [0.4, 0.5) is 5.69 Å². The van der Waals surface area contributed by atoms with Crippen molar-refractivity contribution in [3.05, 3.63) is 30.4 Å². The van der Waals surface area contributed by atoms with E-state index in [2.05, 4.69) is 20.8 Å². The summed E-state index contributed by atoms with van der Waals surface area (Å²) in [7, 11) is 1.91. The van der Waals surface area contributed by atoms with E-state index in [-0.39, 0.29) is 12.5 Å². The summed E-state index contributed by atoms with van der Waals surface area (Å²) in [6.07, 6.45) is 7.52. The second-order valence-corrected chi connectivity index (χ2v) is 5.07. The summed E-state index contributed by atoms with van der Waals surface area (Å²) in [6, 6.07) is 2.35. The van der Waals surface area contributed by atoms with Crippen molar-refractivity contribution < 1.29 is 4.79 Å². The summed E-state index contributed by atoms with van der Waals surface area (Å²) in [4.78, 5) is 11.7. The summed E-state index contributed by atoms with van der Waals surface area (Å²) in [5.41, 5.74) is 1.98. The fourth-order valence-electron chi connectivity index (χ4n) is 1.96. The minimum atomic E-state index is 0.0220. The second kappa shape index (κ2) is 5.36. The Morgan fingerprint density at radius 2 is 2.30 bits per heavy atom. The maximum Gasteiger partial charge on any atom is 0.241 e. The number of aryl methyl sites for hydroxylation is 1. The Bertz CT molecular complexity index is 598. The van der Waals surface area contributed by atoms with E-state index in [1.807, 2.05) is 24.0 Å². The highest BCUT2D eigenvalue weighted by molar-refractivity contribution is 5.76. The zero-order valence-electron chi connectivity index (χ0n) is 11.4. The van der Waals surface area contributed by atoms with Gasteiger partial charge in [0, 0.05) is 25.5 Å². The number of anilines is 1. The first-order chi connectivity index (χ1) is 9.70. The Morgan fingerprint density at radius 3 is 3.00 bits per heavy atom. The van der Waals surface area contributed by atoms with Crippen molar-refractivity contribution in [2.24, 2.45) is 7.05 Å². The first-order valence-electron chi connectivity index (χ1n) is 6.73. The van der Waals surface area contributed by atoms with E-state index in [0.717, 1.165) is 24.2 Å². The first kappa shape index (κ1) is 12.7. The third-order valence-electron chi connectivity index (χ3n) is 3.28. The number of nitrogens with one attached hydrogen (secondary N) is 2. The fraction of sp³-hybridized carbons (Fsp3) is 0.462. The molecule has 106 valence electrons. The molecule has 0 saturated heterocycles. The van der Waals surface area contributed by atoms with Gasteiger partial charge in [0.25, 0.3) is 0 Å². The van der Waals surface area contributed by atoms with Crippen LogP contribution in [-0.4, -0.2) is 31.5 Å². The van der Waals surface area contributed by atoms with Gasteiger partial charge in [0.2, 0.25) is 5.91 Å². The average molecular weight is 274 g/mol. The monoisotopic (exact) mass is 274 g/mol. The van der Waals surface area contributed by atoms with Crippen molar-refractivity contribution in [3.63, 3.8) is 0 Å². The van der Waals surface area contributed by atoms with Gasteiger partial charge < -0.3 is 10.6 Å². The number of hydrogen-bond donors (Lipinski definition) is 2. The molecule has 0 bridgehead atoms. The molecule has 0 aliphatic heterocycles. The van der Waals surface area contributed by atoms with Gasteiger partial charge in [-0.3, -0.25) is 14.2 Å². The molecule has 1 aliphatic carbocycles. The molecule has 7 heteroatoms. The van der Waals surface area contributed by atoms with Crippen molar-refractivity contribution in [3.8, 4) is 0 Å². The van der Waals surface area contributed by atoms with Gasteiger partial charge in [-0.05, 0) is 18.9 Å². The van der Waals surface area contributed by atoms with Gasteiger partial charge >= 0.3 is 0 Å². The molecule has 20 heavy (non-hydrogen) atoms. The Kier molecular flexibility index (Phi) is 3.41. The van der Waals surface area contributed by atoms with Crippen LogP contribution >= 0.6 is 0 Å². The fourth-order valence-corrected chi connectivity index (χ4v) is 1.96. The van der Waals surface area contributed by atoms with Gasteiger partial charge in [-0.1, -0.05) is 0 Å². The quantitative estimate of drug-likeness (QED) is 0.804. The summed E-state index contributed by atoms with van der Waals surface area (Å²) in [5, 5.41) is 14.5. The third kappa shape index (κ3) is 3.17. The molecular formula is C13H18N6O. The molecule has 2 aromatic rings. The number of hydrogen-bond acceptors (Lipinski definition) is 4. The molecule has 2 N–H and O–H groups in total. The molecule has 1 saturated carbocycles. The summed E-state index contributed by atoms with van der Waals surface area (Å²) >= 11 is 0. The molecule has 1 amide bonds. The van der Waals surface area contributed by atoms with Crippen molar-refractivity contribution in [2.45, 2.75) is 32.0 Å². The van der Waals surface area contributed by atoms with E-state index >= 15 is 0 Å². The van der Waals surface area contributed by atoms with Gasteiger partial charge in [-0.15, -0.1) is 0 Å². The maximum absolute atomic E-state index is 11.7. The standard InChI is InChI=1S/C13H18N6O/c1-18-12(4-5-15-18)7-14-11-6-16-19(8-11)9-13(20)17-10-2-3-10/h4-6,8,10,14H,2-3,7,9H2,1H3,(H,17,20). The molecule has 1 fully saturated rings. The lowest BCUT2D eigenvalue weighted by Crippen LogP contribution is -2.29. The van der Waals surface area contributed by atoms with Crippen LogP contribution in [0.25, 0.3) is 0 Å². The Balaban J connectivity index is 1.51. The molecule has 2 aromatic heterocycles. The van der Waals surface area contributed by atoms with Crippen molar-refractivity contribution in [2.75, 3.05) is 5.32 Å². The molecular weight excluding hydrogens is 256 g/mol. The van der Waals surface area contributed by atoms with Crippen LogP contribution in [0, 0.1) is 0 Å². The summed E-state index contributed by atoms with van der Waals surface area (Å²) in [5.74, 6) is 0.0220. The largest absolute Gasteiger partial charge is 0.377 e. The minimum absolute atomic E-state index is 0.0220. The number of amides is 1. The normalized spacial score (nSPS) is 14.2. The lowest BCUT2D eigenvalue weighted by molar-refractivity contribution is -0.122. The van der Waals surface area contributed by atoms with E-state index in [1.165, 1.54) is 0 Å². The number of rotatable bonds is 6. The lowest BCUT2D eigenvalue weighted by atomic mass is 10.4. The predicted molar refractivity (Wildman–Crippen MR) is 73.9 cm³/mol. The van der Waals surface area contributed by atoms with E-state index in [9.17, 15) is 4.79 Å². The second-order valence-electron chi connectivity index (χ2n) is 5.07. The number of carbonyl (C=O) groups is 1. The highest BCUT2D eigenvalue weighted by Crippen LogP contribution is 2.18. The van der Waals surface area contributed by atoms with Crippen LogP contribution in [0.15, 0.2) is 24.7 Å². The molecule has 0 unspecified atom stereocenters. The highest BCUT2D eigenvalue weighted by Gasteiger charge is 2.23. The predicted octanol–water partition coefficient (Wildman–Crippen LogP) is 0.507. The summed E-state index contributed by atoms with van der Waals surface area (Å²) < 4.78 is 3.46. The Morgan fingerprint density at radius 1 is 1.45 bits per heavy atom. The van der Waals surface area contributed by atoms with Crippen molar-refractivity contribution in [1.29, 1.82) is 0 Å². The Labute approximate surface area is 117 Å². The van der Waals surface area contributed by atoms with Crippen LogP contribution < -0.4 is 10.6 Å².